The monoisotopic (exact) mass is 282 g/mol. The van der Waals surface area contributed by atoms with E-state index in [0.717, 1.165) is 12.1 Å². The predicted molar refractivity (Wildman–Crippen MR) is 66.1 cm³/mol. The van der Waals surface area contributed by atoms with Crippen molar-refractivity contribution in [2.75, 3.05) is 0 Å². The molecule has 0 spiro atoms. The van der Waals surface area contributed by atoms with E-state index < -0.39 is 17.4 Å². The molecule has 0 radical (unpaired) electrons. The summed E-state index contributed by atoms with van der Waals surface area (Å²) in [6.45, 7) is 0. The molecule has 0 bridgehead atoms. The van der Waals surface area contributed by atoms with E-state index in [1.165, 1.54) is 12.4 Å². The minimum absolute atomic E-state index is 0.0287. The van der Waals surface area contributed by atoms with Gasteiger partial charge in [-0.1, -0.05) is 11.6 Å². The molecule has 0 saturated heterocycles. The number of ketones is 1. The number of halogens is 3. The first-order valence-electron chi connectivity index (χ1n) is 5.51. The van der Waals surface area contributed by atoms with E-state index in [1.54, 1.807) is 0 Å². The van der Waals surface area contributed by atoms with Gasteiger partial charge in [0.15, 0.2) is 5.78 Å². The molecule has 0 N–H and O–H groups in total. The summed E-state index contributed by atoms with van der Waals surface area (Å²) < 4.78 is 26.1. The van der Waals surface area contributed by atoms with Crippen molar-refractivity contribution in [3.8, 4) is 0 Å². The molecular weight excluding hydrogens is 274 g/mol. The topological polar surface area (TPSA) is 42.9 Å². The molecule has 0 atom stereocenters. The van der Waals surface area contributed by atoms with Gasteiger partial charge in [0, 0.05) is 24.9 Å². The lowest BCUT2D eigenvalue weighted by atomic mass is 10.0. The highest BCUT2D eigenvalue weighted by atomic mass is 35.5. The van der Waals surface area contributed by atoms with Crippen molar-refractivity contribution in [3.05, 3.63) is 58.6 Å². The predicted octanol–water partition coefficient (Wildman–Crippen LogP) is 3.22. The van der Waals surface area contributed by atoms with E-state index in [-0.39, 0.29) is 23.6 Å². The van der Waals surface area contributed by atoms with E-state index >= 15 is 0 Å². The maximum Gasteiger partial charge on any atom is 0.166 e. The lowest BCUT2D eigenvalue weighted by Gasteiger charge is -2.03. The van der Waals surface area contributed by atoms with Gasteiger partial charge in [0.1, 0.15) is 16.8 Å². The molecule has 0 aliphatic heterocycles. The third kappa shape index (κ3) is 3.32. The van der Waals surface area contributed by atoms with Crippen molar-refractivity contribution in [2.24, 2.45) is 0 Å². The summed E-state index contributed by atoms with van der Waals surface area (Å²) in [5, 5.41) is 0.217. The van der Waals surface area contributed by atoms with E-state index in [9.17, 15) is 13.6 Å². The van der Waals surface area contributed by atoms with Crippen LogP contribution in [0, 0.1) is 11.6 Å². The number of benzene rings is 1. The van der Waals surface area contributed by atoms with Crippen LogP contribution in [0.2, 0.25) is 5.15 Å². The van der Waals surface area contributed by atoms with Crippen LogP contribution in [0.1, 0.15) is 22.5 Å². The highest BCUT2D eigenvalue weighted by molar-refractivity contribution is 6.30. The Morgan fingerprint density at radius 2 is 1.95 bits per heavy atom. The van der Waals surface area contributed by atoms with Crippen molar-refractivity contribution >= 4 is 17.4 Å². The minimum Gasteiger partial charge on any atom is -0.294 e. The largest absolute Gasteiger partial charge is 0.294 e. The molecule has 3 nitrogen and oxygen atoms in total. The number of carbonyl (C=O) groups is 1. The van der Waals surface area contributed by atoms with Gasteiger partial charge in [0.2, 0.25) is 0 Å². The number of hydrogen-bond acceptors (Lipinski definition) is 3. The Balaban J connectivity index is 2.08. The number of carbonyl (C=O) groups excluding carboxylic acids is 1. The summed E-state index contributed by atoms with van der Waals surface area (Å²) in [6, 6.07) is 2.86. The third-order valence-corrected chi connectivity index (χ3v) is 2.86. The first-order valence-corrected chi connectivity index (χ1v) is 5.89. The van der Waals surface area contributed by atoms with Crippen LogP contribution in [0.25, 0.3) is 0 Å². The highest BCUT2D eigenvalue weighted by Crippen LogP contribution is 2.15. The Labute approximate surface area is 113 Å². The molecule has 1 heterocycles. The summed E-state index contributed by atoms with van der Waals surface area (Å²) in [5.74, 6) is -2.01. The smallest absolute Gasteiger partial charge is 0.166 e. The molecule has 0 aliphatic rings. The van der Waals surface area contributed by atoms with E-state index in [0.29, 0.717) is 11.8 Å². The number of nitrogens with zero attached hydrogens (tertiary/aromatic N) is 2. The van der Waals surface area contributed by atoms with E-state index in [2.05, 4.69) is 9.97 Å². The number of Topliss-reactive ketones (excluding diaryl/α,β-unsaturated/α-hetero) is 1. The summed E-state index contributed by atoms with van der Waals surface area (Å²) in [6.07, 6.45) is 3.18. The average molecular weight is 283 g/mol. The quantitative estimate of drug-likeness (QED) is 0.809. The highest BCUT2D eigenvalue weighted by Gasteiger charge is 2.13. The zero-order valence-electron chi connectivity index (χ0n) is 9.74. The van der Waals surface area contributed by atoms with Crippen molar-refractivity contribution in [1.29, 1.82) is 0 Å². The molecule has 0 aliphatic carbocycles. The molecule has 2 aromatic rings. The van der Waals surface area contributed by atoms with Crippen molar-refractivity contribution < 1.29 is 13.6 Å². The minimum atomic E-state index is -0.866. The Kier molecular flexibility index (Phi) is 4.16. The van der Waals surface area contributed by atoms with Crippen LogP contribution >= 0.6 is 11.6 Å². The summed E-state index contributed by atoms with van der Waals surface area (Å²) in [7, 11) is 0. The van der Waals surface area contributed by atoms with Crippen LogP contribution in [0.3, 0.4) is 0 Å². The second kappa shape index (κ2) is 5.84. The van der Waals surface area contributed by atoms with Crippen molar-refractivity contribution in [1.82, 2.24) is 9.97 Å². The molecule has 2 rings (SSSR count). The summed E-state index contributed by atoms with van der Waals surface area (Å²) in [5.41, 5.74) is 0.335. The Morgan fingerprint density at radius 1 is 1.21 bits per heavy atom. The summed E-state index contributed by atoms with van der Waals surface area (Å²) >= 11 is 5.80. The zero-order chi connectivity index (χ0) is 13.8. The Bertz CT molecular complexity index is 619. The Hall–Kier alpha value is -1.88. The standard InChI is InChI=1S/C13H9ClF2N2O/c14-13-11(17-5-6-18-13)3-4-12(19)9-2-1-8(15)7-10(9)16/h1-2,5-7H,3-4H2. The first-order chi connectivity index (χ1) is 9.08. The molecule has 0 amide bonds. The lowest BCUT2D eigenvalue weighted by Crippen LogP contribution is -2.05. The maximum absolute atomic E-state index is 13.4. The molecule has 1 aromatic heterocycles. The Morgan fingerprint density at radius 3 is 2.63 bits per heavy atom. The van der Waals surface area contributed by atoms with Crippen LogP contribution < -0.4 is 0 Å². The van der Waals surface area contributed by atoms with Gasteiger partial charge in [0.05, 0.1) is 11.3 Å². The molecule has 0 fully saturated rings. The molecule has 0 unspecified atom stereocenters. The average Bonchev–Trinajstić information content (AvgIpc) is 2.37. The molecule has 1 aromatic carbocycles. The van der Waals surface area contributed by atoms with Gasteiger partial charge in [-0.2, -0.15) is 0 Å². The van der Waals surface area contributed by atoms with Gasteiger partial charge in [-0.05, 0) is 18.6 Å². The van der Waals surface area contributed by atoms with E-state index in [1.807, 2.05) is 0 Å². The fraction of sp³-hybridized carbons (Fsp3) is 0.154. The third-order valence-electron chi connectivity index (χ3n) is 2.54. The normalized spacial score (nSPS) is 10.5. The molecule has 19 heavy (non-hydrogen) atoms. The fourth-order valence-corrected chi connectivity index (χ4v) is 1.80. The van der Waals surface area contributed by atoms with Crippen LogP contribution in [-0.4, -0.2) is 15.8 Å². The molecule has 98 valence electrons. The van der Waals surface area contributed by atoms with Gasteiger partial charge < -0.3 is 0 Å². The van der Waals surface area contributed by atoms with Crippen LogP contribution in [0.5, 0.6) is 0 Å². The van der Waals surface area contributed by atoms with Gasteiger partial charge in [0.25, 0.3) is 0 Å². The van der Waals surface area contributed by atoms with Gasteiger partial charge in [-0.15, -0.1) is 0 Å². The fourth-order valence-electron chi connectivity index (χ4n) is 1.60. The van der Waals surface area contributed by atoms with Crippen molar-refractivity contribution in [3.63, 3.8) is 0 Å². The maximum atomic E-state index is 13.4. The van der Waals surface area contributed by atoms with Gasteiger partial charge >= 0.3 is 0 Å². The second-order valence-corrected chi connectivity index (χ2v) is 4.20. The molecule has 6 heteroatoms. The number of aromatic nitrogens is 2. The van der Waals surface area contributed by atoms with Crippen LogP contribution in [0.15, 0.2) is 30.6 Å². The lowest BCUT2D eigenvalue weighted by molar-refractivity contribution is 0.0978. The number of hydrogen-bond donors (Lipinski definition) is 0. The second-order valence-electron chi connectivity index (χ2n) is 3.84. The summed E-state index contributed by atoms with van der Waals surface area (Å²) in [4.78, 5) is 19.6. The van der Waals surface area contributed by atoms with Crippen LogP contribution in [-0.2, 0) is 6.42 Å². The first kappa shape index (κ1) is 13.5. The molecule has 0 saturated carbocycles. The van der Waals surface area contributed by atoms with Crippen LogP contribution in [0.4, 0.5) is 8.78 Å². The van der Waals surface area contributed by atoms with Crippen molar-refractivity contribution in [2.45, 2.75) is 12.8 Å². The zero-order valence-corrected chi connectivity index (χ0v) is 10.5. The number of aryl methyl sites for hydroxylation is 1. The number of rotatable bonds is 4. The molecular formula is C13H9ClF2N2O. The SMILES string of the molecule is O=C(CCc1nccnc1Cl)c1ccc(F)cc1F. The van der Waals surface area contributed by atoms with E-state index in [4.69, 9.17) is 11.6 Å². The van der Waals surface area contributed by atoms with Gasteiger partial charge in [-0.25, -0.2) is 13.8 Å². The van der Waals surface area contributed by atoms with Gasteiger partial charge in [-0.3, -0.25) is 9.78 Å².